The molecule has 0 radical (unpaired) electrons. The van der Waals surface area contributed by atoms with Crippen LogP contribution in [0.2, 0.25) is 0 Å². The topological polar surface area (TPSA) is 64.3 Å². The van der Waals surface area contributed by atoms with E-state index in [2.05, 4.69) is 5.10 Å². The first-order valence-electron chi connectivity index (χ1n) is 9.37. The van der Waals surface area contributed by atoms with Crippen LogP contribution in [0.5, 0.6) is 11.5 Å². The summed E-state index contributed by atoms with van der Waals surface area (Å²) in [6, 6.07) is 6.42. The van der Waals surface area contributed by atoms with Crippen LogP contribution < -0.4 is 4.74 Å². The molecular formula is C20H23F3N2O3. The molecule has 1 aliphatic carbocycles. The van der Waals surface area contributed by atoms with E-state index in [1.54, 1.807) is 18.2 Å². The number of aromatic hydroxyl groups is 1. The van der Waals surface area contributed by atoms with Gasteiger partial charge < -0.3 is 9.84 Å². The number of carbonyl (C=O) groups is 1. The second-order valence-electron chi connectivity index (χ2n) is 7.11. The van der Waals surface area contributed by atoms with E-state index >= 15 is 0 Å². The van der Waals surface area contributed by atoms with Gasteiger partial charge in [-0.1, -0.05) is 18.9 Å². The van der Waals surface area contributed by atoms with Gasteiger partial charge in [0.2, 0.25) is 0 Å². The smallest absolute Gasteiger partial charge is 0.390 e. The summed E-state index contributed by atoms with van der Waals surface area (Å²) in [5.74, 6) is 0.307. The quantitative estimate of drug-likeness (QED) is 0.689. The number of aryl methyl sites for hydroxylation is 1. The van der Waals surface area contributed by atoms with Gasteiger partial charge in [0.25, 0.3) is 0 Å². The maximum atomic E-state index is 12.6. The Kier molecular flexibility index (Phi) is 6.26. The largest absolute Gasteiger partial charge is 0.507 e. The molecule has 8 heteroatoms. The Balaban J connectivity index is 1.73. The van der Waals surface area contributed by atoms with Crippen LogP contribution in [0.4, 0.5) is 13.2 Å². The third kappa shape index (κ3) is 4.85. The number of rotatable bonds is 7. The number of aldehydes is 1. The summed E-state index contributed by atoms with van der Waals surface area (Å²) in [6.07, 6.45) is 0.698. The van der Waals surface area contributed by atoms with E-state index in [1.807, 2.05) is 0 Å². The highest BCUT2D eigenvalue weighted by Crippen LogP contribution is 2.39. The molecule has 1 aromatic heterocycles. The average molecular weight is 396 g/mol. The minimum absolute atomic E-state index is 0.0430. The lowest BCUT2D eigenvalue weighted by Gasteiger charge is -2.32. The van der Waals surface area contributed by atoms with Crippen LogP contribution in [-0.2, 0) is 6.54 Å². The first kappa shape index (κ1) is 20.2. The Morgan fingerprint density at radius 1 is 1.25 bits per heavy atom. The van der Waals surface area contributed by atoms with E-state index in [4.69, 9.17) is 4.74 Å². The average Bonchev–Trinajstić information content (AvgIpc) is 3.13. The number of phenols is 1. The molecule has 1 N–H and O–H groups in total. The number of halogens is 3. The first-order chi connectivity index (χ1) is 13.4. The van der Waals surface area contributed by atoms with E-state index in [0.29, 0.717) is 18.6 Å². The predicted molar refractivity (Wildman–Crippen MR) is 96.6 cm³/mol. The van der Waals surface area contributed by atoms with Crippen molar-refractivity contribution in [3.8, 4) is 11.5 Å². The van der Waals surface area contributed by atoms with E-state index in [-0.39, 0.29) is 29.7 Å². The summed E-state index contributed by atoms with van der Waals surface area (Å²) in [4.78, 5) is 11.2. The lowest BCUT2D eigenvalue weighted by molar-refractivity contribution is -0.137. The van der Waals surface area contributed by atoms with Crippen LogP contribution in [-0.4, -0.2) is 34.0 Å². The molecule has 1 heterocycles. The molecular weight excluding hydrogens is 373 g/mol. The van der Waals surface area contributed by atoms with Crippen LogP contribution in [0.3, 0.4) is 0 Å². The van der Waals surface area contributed by atoms with Gasteiger partial charge in [-0.2, -0.15) is 18.3 Å². The van der Waals surface area contributed by atoms with Gasteiger partial charge in [0.1, 0.15) is 11.5 Å². The van der Waals surface area contributed by atoms with Gasteiger partial charge in [0.15, 0.2) is 6.29 Å². The molecule has 2 unspecified atom stereocenters. The molecule has 0 spiro atoms. The number of hydrogen-bond acceptors (Lipinski definition) is 4. The molecule has 0 amide bonds. The highest BCUT2D eigenvalue weighted by atomic mass is 19.4. The summed E-state index contributed by atoms with van der Waals surface area (Å²) in [5, 5.41) is 13.9. The fraction of sp³-hybridized carbons (Fsp3) is 0.500. The van der Waals surface area contributed by atoms with E-state index in [0.717, 1.165) is 31.4 Å². The van der Waals surface area contributed by atoms with Crippen LogP contribution in [0.15, 0.2) is 30.5 Å². The molecule has 2 atom stereocenters. The fourth-order valence-electron chi connectivity index (χ4n) is 3.85. The summed E-state index contributed by atoms with van der Waals surface area (Å²) < 4.78 is 45.1. The summed E-state index contributed by atoms with van der Waals surface area (Å²) >= 11 is 0. The van der Waals surface area contributed by atoms with Crippen LogP contribution in [0.1, 0.15) is 54.1 Å². The lowest BCUT2D eigenvalue weighted by Crippen LogP contribution is -2.26. The molecule has 0 bridgehead atoms. The summed E-state index contributed by atoms with van der Waals surface area (Å²) in [7, 11) is 0. The minimum atomic E-state index is -4.22. The Hall–Kier alpha value is -2.51. The Morgan fingerprint density at radius 3 is 2.79 bits per heavy atom. The van der Waals surface area contributed by atoms with Crippen molar-refractivity contribution in [2.24, 2.45) is 5.92 Å². The van der Waals surface area contributed by atoms with E-state index < -0.39 is 12.6 Å². The molecule has 0 aliphatic heterocycles. The monoisotopic (exact) mass is 396 g/mol. The second kappa shape index (κ2) is 8.67. The zero-order valence-corrected chi connectivity index (χ0v) is 15.4. The maximum absolute atomic E-state index is 12.6. The molecule has 152 valence electrons. The van der Waals surface area contributed by atoms with Crippen molar-refractivity contribution in [1.82, 2.24) is 9.78 Å². The number of aromatic nitrogens is 2. The van der Waals surface area contributed by atoms with Crippen molar-refractivity contribution < 1.29 is 27.8 Å². The predicted octanol–water partition coefficient (Wildman–Crippen LogP) is 4.71. The normalized spacial score (nSPS) is 20.1. The summed E-state index contributed by atoms with van der Waals surface area (Å²) in [6.45, 7) is 0.122. The van der Waals surface area contributed by atoms with Gasteiger partial charge in [-0.05, 0) is 31.0 Å². The minimum Gasteiger partial charge on any atom is -0.507 e. The number of carbonyl (C=O) groups excluding carboxylic acids is 1. The number of phenolic OH excluding ortho intramolecular Hbond substituents is 1. The van der Waals surface area contributed by atoms with E-state index in [9.17, 15) is 23.1 Å². The second-order valence-corrected chi connectivity index (χ2v) is 7.11. The van der Waals surface area contributed by atoms with Crippen molar-refractivity contribution in [3.63, 3.8) is 0 Å². The van der Waals surface area contributed by atoms with Crippen molar-refractivity contribution in [2.45, 2.75) is 50.7 Å². The van der Waals surface area contributed by atoms with Crippen LogP contribution in [0.25, 0.3) is 0 Å². The van der Waals surface area contributed by atoms with Crippen molar-refractivity contribution >= 4 is 6.29 Å². The van der Waals surface area contributed by atoms with Gasteiger partial charge in [-0.15, -0.1) is 0 Å². The molecule has 0 saturated heterocycles. The molecule has 1 fully saturated rings. The number of nitrogens with zero attached hydrogens (tertiary/aromatic N) is 2. The molecule has 2 aromatic rings. The third-order valence-electron chi connectivity index (χ3n) is 5.26. The Morgan fingerprint density at radius 2 is 2.04 bits per heavy atom. The highest BCUT2D eigenvalue weighted by molar-refractivity contribution is 5.83. The van der Waals surface area contributed by atoms with Crippen LogP contribution in [0, 0.1) is 5.92 Å². The highest BCUT2D eigenvalue weighted by Gasteiger charge is 2.31. The lowest BCUT2D eigenvalue weighted by atomic mass is 9.78. The van der Waals surface area contributed by atoms with Crippen molar-refractivity contribution in [1.29, 1.82) is 0 Å². The van der Waals surface area contributed by atoms with Gasteiger partial charge >= 0.3 is 6.18 Å². The SMILES string of the molecule is O=Cc1c(O)cccc1OCC1CCCCC1c1ccnn1CCC(F)(F)F. The molecule has 5 nitrogen and oxygen atoms in total. The number of alkyl halides is 3. The third-order valence-corrected chi connectivity index (χ3v) is 5.26. The van der Waals surface area contributed by atoms with Gasteiger partial charge in [0.05, 0.1) is 18.6 Å². The molecule has 1 saturated carbocycles. The van der Waals surface area contributed by atoms with E-state index in [1.165, 1.54) is 16.9 Å². The number of ether oxygens (including phenoxy) is 1. The number of hydrogen-bond donors (Lipinski definition) is 1. The number of benzene rings is 1. The maximum Gasteiger partial charge on any atom is 0.390 e. The standard InChI is InChI=1S/C20H23F3N2O3/c21-20(22,23)9-11-25-17(8-10-24-25)15-5-2-1-4-14(15)13-28-19-7-3-6-18(27)16(19)12-26/h3,6-8,10,12,14-15,27H,1-2,4-5,9,11,13H2. The van der Waals surface area contributed by atoms with Gasteiger partial charge in [0, 0.05) is 30.3 Å². The molecule has 28 heavy (non-hydrogen) atoms. The zero-order valence-electron chi connectivity index (χ0n) is 15.4. The van der Waals surface area contributed by atoms with Crippen LogP contribution >= 0.6 is 0 Å². The van der Waals surface area contributed by atoms with Gasteiger partial charge in [-0.25, -0.2) is 0 Å². The van der Waals surface area contributed by atoms with Crippen molar-refractivity contribution in [2.75, 3.05) is 6.61 Å². The van der Waals surface area contributed by atoms with Gasteiger partial charge in [-0.3, -0.25) is 9.48 Å². The zero-order chi connectivity index (χ0) is 20.1. The Labute approximate surface area is 161 Å². The first-order valence-corrected chi connectivity index (χ1v) is 9.37. The van der Waals surface area contributed by atoms with Crippen molar-refractivity contribution in [3.05, 3.63) is 41.7 Å². The molecule has 3 rings (SSSR count). The molecule has 1 aliphatic rings. The summed E-state index contributed by atoms with van der Waals surface area (Å²) in [5.41, 5.74) is 0.897. The fourth-order valence-corrected chi connectivity index (χ4v) is 3.85. The Bertz CT molecular complexity index is 804. The molecule has 1 aromatic carbocycles.